The van der Waals surface area contributed by atoms with Gasteiger partial charge in [-0.2, -0.15) is 0 Å². The molecule has 0 saturated carbocycles. The van der Waals surface area contributed by atoms with Gasteiger partial charge in [0.1, 0.15) is 23.6 Å². The maximum absolute atomic E-state index is 13.7. The zero-order valence-corrected chi connectivity index (χ0v) is 26.3. The zero-order valence-electron chi connectivity index (χ0n) is 26.3. The molecule has 0 aromatic heterocycles. The van der Waals surface area contributed by atoms with E-state index in [2.05, 4.69) is 37.2 Å². The summed E-state index contributed by atoms with van der Waals surface area (Å²) in [5, 5.41) is 42.5. The van der Waals surface area contributed by atoms with Crippen LogP contribution < -0.4 is 37.2 Å². The highest BCUT2D eigenvalue weighted by Crippen LogP contribution is 2.31. The SMILES string of the molecule is CNCCC[C@H](CNC(=O)[C@@H]1Cc2cc(ccc2O)-c2ccc(O)c(c2)C[C@H](NC)C(=O)N[C@@H](CCCNC)C(=O)N1)NC. The maximum Gasteiger partial charge on any atom is 0.243 e. The second kappa shape index (κ2) is 17.6. The number of amides is 3. The highest BCUT2D eigenvalue weighted by Gasteiger charge is 2.30. The van der Waals surface area contributed by atoms with Crippen LogP contribution in [0.2, 0.25) is 0 Å². The van der Waals surface area contributed by atoms with E-state index >= 15 is 0 Å². The summed E-state index contributed by atoms with van der Waals surface area (Å²) in [5.74, 6) is -1.22. The van der Waals surface area contributed by atoms with E-state index in [4.69, 9.17) is 0 Å². The molecule has 3 amide bonds. The molecular weight excluding hydrogens is 562 g/mol. The summed E-state index contributed by atoms with van der Waals surface area (Å²) in [4.78, 5) is 40.8. The van der Waals surface area contributed by atoms with Crippen LogP contribution in [0.3, 0.4) is 0 Å². The van der Waals surface area contributed by atoms with Crippen LogP contribution in [0.5, 0.6) is 11.5 Å². The number of carbonyl (C=O) groups excluding carboxylic acids is 3. The first-order valence-electron chi connectivity index (χ1n) is 15.4. The van der Waals surface area contributed by atoms with Gasteiger partial charge in [0.2, 0.25) is 17.7 Å². The number of phenolic OH excluding ortho intramolecular Hbond substituents is 2. The topological polar surface area (TPSA) is 176 Å². The molecule has 3 rings (SSSR count). The van der Waals surface area contributed by atoms with Gasteiger partial charge >= 0.3 is 0 Å². The standard InChI is InChI=1S/C32H49N7O5/c1-33-13-5-7-24(35-3)19-37-30(42)27-18-23-16-21(10-12-29(23)41)20-9-11-28(40)22(15-20)17-26(36-4)32(44)38-25(31(43)39-27)8-6-14-34-2/h9-12,15-16,24-27,33-36,40-41H,5-8,13-14,17-19H2,1-4H3,(H,37,42)(H,38,44)(H,39,43)/t24-,25+,26+,27+/m1/s1. The van der Waals surface area contributed by atoms with Crippen LogP contribution in [-0.4, -0.2) is 99.9 Å². The van der Waals surface area contributed by atoms with Crippen molar-refractivity contribution in [3.63, 3.8) is 0 Å². The Balaban J connectivity index is 2.00. The van der Waals surface area contributed by atoms with Crippen molar-refractivity contribution in [2.45, 2.75) is 62.7 Å². The number of phenols is 2. The van der Waals surface area contributed by atoms with E-state index < -0.39 is 29.9 Å². The van der Waals surface area contributed by atoms with E-state index in [1.165, 1.54) is 0 Å². The van der Waals surface area contributed by atoms with Crippen molar-refractivity contribution in [1.29, 1.82) is 0 Å². The molecule has 12 nitrogen and oxygen atoms in total. The van der Waals surface area contributed by atoms with Crippen LogP contribution in [0.25, 0.3) is 11.1 Å². The summed E-state index contributed by atoms with van der Waals surface area (Å²) >= 11 is 0. The molecule has 12 heteroatoms. The summed E-state index contributed by atoms with van der Waals surface area (Å²) in [7, 11) is 7.20. The first-order chi connectivity index (χ1) is 21.2. The molecule has 0 fully saturated rings. The third-order valence-corrected chi connectivity index (χ3v) is 8.10. The fourth-order valence-electron chi connectivity index (χ4n) is 5.35. The summed E-state index contributed by atoms with van der Waals surface area (Å²) < 4.78 is 0. The van der Waals surface area contributed by atoms with Crippen molar-refractivity contribution in [2.24, 2.45) is 0 Å². The predicted octanol–water partition coefficient (Wildman–Crippen LogP) is 0.124. The summed E-state index contributed by atoms with van der Waals surface area (Å²) in [6.45, 7) is 1.86. The van der Waals surface area contributed by atoms with Gasteiger partial charge < -0.3 is 47.4 Å². The summed E-state index contributed by atoms with van der Waals surface area (Å²) in [6, 6.07) is 7.65. The highest BCUT2D eigenvalue weighted by molar-refractivity contribution is 5.93. The normalized spacial score (nSPS) is 19.7. The van der Waals surface area contributed by atoms with Crippen LogP contribution in [0, 0.1) is 0 Å². The van der Waals surface area contributed by atoms with Gasteiger partial charge in [0.05, 0.1) is 6.04 Å². The molecule has 0 aliphatic carbocycles. The fourth-order valence-corrected chi connectivity index (χ4v) is 5.35. The molecule has 0 spiro atoms. The number of benzene rings is 2. The minimum Gasteiger partial charge on any atom is -0.508 e. The smallest absolute Gasteiger partial charge is 0.243 e. The van der Waals surface area contributed by atoms with Crippen molar-refractivity contribution >= 4 is 17.7 Å². The van der Waals surface area contributed by atoms with Crippen molar-refractivity contribution in [3.8, 4) is 22.6 Å². The van der Waals surface area contributed by atoms with Gasteiger partial charge in [-0.05, 0) is 113 Å². The molecule has 242 valence electrons. The van der Waals surface area contributed by atoms with Gasteiger partial charge in [-0.3, -0.25) is 14.4 Å². The quantitative estimate of drug-likeness (QED) is 0.143. The summed E-state index contributed by atoms with van der Waals surface area (Å²) in [5.41, 5.74) is 2.58. The molecule has 0 saturated heterocycles. The Bertz CT molecular complexity index is 1260. The van der Waals surface area contributed by atoms with E-state index in [1.807, 2.05) is 27.2 Å². The lowest BCUT2D eigenvalue weighted by molar-refractivity contribution is -0.132. The second-order valence-electron chi connectivity index (χ2n) is 11.3. The minimum absolute atomic E-state index is 0.00148. The van der Waals surface area contributed by atoms with E-state index in [0.29, 0.717) is 37.1 Å². The Labute approximate surface area is 260 Å². The highest BCUT2D eigenvalue weighted by atomic mass is 16.3. The first kappa shape index (κ1) is 34.8. The average Bonchev–Trinajstić information content (AvgIpc) is 3.02. The molecule has 9 N–H and O–H groups in total. The lowest BCUT2D eigenvalue weighted by Crippen LogP contribution is -2.57. The number of rotatable bonds is 13. The van der Waals surface area contributed by atoms with Gasteiger partial charge in [-0.1, -0.05) is 12.1 Å². The number of carbonyl (C=O) groups is 3. The van der Waals surface area contributed by atoms with Gasteiger partial charge in [0.15, 0.2) is 0 Å². The molecule has 0 radical (unpaired) electrons. The predicted molar refractivity (Wildman–Crippen MR) is 172 cm³/mol. The van der Waals surface area contributed by atoms with Crippen LogP contribution in [0.4, 0.5) is 0 Å². The van der Waals surface area contributed by atoms with Crippen LogP contribution >= 0.6 is 0 Å². The Kier molecular flexibility index (Phi) is 13.9. The largest absolute Gasteiger partial charge is 0.508 e. The minimum atomic E-state index is -1.01. The van der Waals surface area contributed by atoms with Crippen molar-refractivity contribution in [2.75, 3.05) is 47.8 Å². The molecule has 2 aromatic rings. The first-order valence-corrected chi connectivity index (χ1v) is 15.4. The van der Waals surface area contributed by atoms with Gasteiger partial charge in [-0.15, -0.1) is 0 Å². The number of hydrogen-bond donors (Lipinski definition) is 9. The van der Waals surface area contributed by atoms with Crippen LogP contribution in [-0.2, 0) is 27.2 Å². The Morgan fingerprint density at radius 3 is 2.07 bits per heavy atom. The number of aromatic hydroxyl groups is 2. The van der Waals surface area contributed by atoms with Gasteiger partial charge in [0.25, 0.3) is 0 Å². The van der Waals surface area contributed by atoms with Crippen molar-refractivity contribution in [1.82, 2.24) is 37.2 Å². The van der Waals surface area contributed by atoms with Crippen LogP contribution in [0.1, 0.15) is 36.8 Å². The molecule has 4 bridgehead atoms. The lowest BCUT2D eigenvalue weighted by Gasteiger charge is -2.26. The van der Waals surface area contributed by atoms with E-state index in [9.17, 15) is 24.6 Å². The lowest BCUT2D eigenvalue weighted by atomic mass is 9.95. The molecule has 1 aliphatic rings. The van der Waals surface area contributed by atoms with Crippen molar-refractivity contribution in [3.05, 3.63) is 47.5 Å². The Hall–Kier alpha value is -3.71. The maximum atomic E-state index is 13.7. The van der Waals surface area contributed by atoms with Crippen LogP contribution in [0.15, 0.2) is 36.4 Å². The third-order valence-electron chi connectivity index (χ3n) is 8.10. The fraction of sp³-hybridized carbons (Fsp3) is 0.531. The molecule has 4 atom stereocenters. The molecule has 0 unspecified atom stereocenters. The molecule has 1 heterocycles. The third kappa shape index (κ3) is 9.91. The summed E-state index contributed by atoms with van der Waals surface area (Å²) in [6.07, 6.45) is 2.94. The van der Waals surface area contributed by atoms with E-state index in [-0.39, 0.29) is 36.3 Å². The number of fused-ring (bicyclic) bond motifs is 5. The number of nitrogens with one attached hydrogen (secondary N) is 7. The van der Waals surface area contributed by atoms with E-state index in [1.54, 1.807) is 37.4 Å². The molecule has 44 heavy (non-hydrogen) atoms. The number of hydrogen-bond acceptors (Lipinski definition) is 9. The molecule has 1 aliphatic heterocycles. The Morgan fingerprint density at radius 1 is 0.864 bits per heavy atom. The monoisotopic (exact) mass is 611 g/mol. The molecule has 2 aromatic carbocycles. The van der Waals surface area contributed by atoms with Crippen molar-refractivity contribution < 1.29 is 24.6 Å². The van der Waals surface area contributed by atoms with E-state index in [0.717, 1.165) is 30.5 Å². The number of likely N-dealkylation sites (N-methyl/N-ethyl adjacent to an activating group) is 2. The Morgan fingerprint density at radius 2 is 1.48 bits per heavy atom. The average molecular weight is 612 g/mol. The zero-order chi connectivity index (χ0) is 32.1. The second-order valence-corrected chi connectivity index (χ2v) is 11.3. The van der Waals surface area contributed by atoms with Gasteiger partial charge in [-0.25, -0.2) is 0 Å². The van der Waals surface area contributed by atoms with Gasteiger partial charge in [0, 0.05) is 25.4 Å². The molecular formula is C32H49N7O5.